The van der Waals surface area contributed by atoms with E-state index in [0.717, 1.165) is 5.56 Å². The van der Waals surface area contributed by atoms with Crippen LogP contribution in [0.2, 0.25) is 0 Å². The van der Waals surface area contributed by atoms with Crippen molar-refractivity contribution in [2.45, 2.75) is 38.7 Å². The molecule has 0 saturated carbocycles. The van der Waals surface area contributed by atoms with E-state index in [9.17, 15) is 14.7 Å². The lowest BCUT2D eigenvalue weighted by Crippen LogP contribution is -2.29. The van der Waals surface area contributed by atoms with Gasteiger partial charge in [-0.05, 0) is 33.3 Å². The van der Waals surface area contributed by atoms with Gasteiger partial charge in [-0.1, -0.05) is 18.2 Å². The van der Waals surface area contributed by atoms with E-state index in [4.69, 9.17) is 9.47 Å². The van der Waals surface area contributed by atoms with Gasteiger partial charge in [-0.15, -0.1) is 0 Å². The van der Waals surface area contributed by atoms with Crippen molar-refractivity contribution in [3.63, 3.8) is 0 Å². The molecule has 6 heteroatoms. The average Bonchev–Trinajstić information content (AvgIpc) is 2.42. The molecule has 1 atom stereocenters. The molecular weight excluding hydrogens is 286 g/mol. The largest absolute Gasteiger partial charge is 0.493 e. The summed E-state index contributed by atoms with van der Waals surface area (Å²) in [6.07, 6.45) is -0.445. The number of rotatable bonds is 2. The van der Waals surface area contributed by atoms with Crippen molar-refractivity contribution in [1.29, 1.82) is 0 Å². The summed E-state index contributed by atoms with van der Waals surface area (Å²) < 4.78 is 10.6. The van der Waals surface area contributed by atoms with Gasteiger partial charge in [0.1, 0.15) is 17.1 Å². The number of ether oxygens (including phenoxy) is 2. The minimum atomic E-state index is -1.23. The van der Waals surface area contributed by atoms with Gasteiger partial charge in [-0.3, -0.25) is 0 Å². The third kappa shape index (κ3) is 3.84. The van der Waals surface area contributed by atoms with Crippen LogP contribution in [-0.4, -0.2) is 35.1 Å². The van der Waals surface area contributed by atoms with E-state index >= 15 is 0 Å². The number of aliphatic carboxylic acids is 1. The molecular formula is C16H19NO5. The summed E-state index contributed by atoms with van der Waals surface area (Å²) in [4.78, 5) is 27.0. The highest BCUT2D eigenvalue weighted by molar-refractivity contribution is 6.39. The predicted octanol–water partition coefficient (Wildman–Crippen LogP) is 3.01. The third-order valence-corrected chi connectivity index (χ3v) is 3.11. The molecule has 0 bridgehead atoms. The summed E-state index contributed by atoms with van der Waals surface area (Å²) in [5.41, 5.74) is -0.221. The van der Waals surface area contributed by atoms with Crippen LogP contribution in [0.15, 0.2) is 29.3 Å². The van der Waals surface area contributed by atoms with Crippen LogP contribution >= 0.6 is 0 Å². The zero-order valence-corrected chi connectivity index (χ0v) is 12.8. The predicted molar refractivity (Wildman–Crippen MR) is 80.6 cm³/mol. The Balaban J connectivity index is 2.34. The van der Waals surface area contributed by atoms with Gasteiger partial charge in [0, 0.05) is 11.5 Å². The molecule has 1 aliphatic rings. The fourth-order valence-electron chi connectivity index (χ4n) is 2.28. The van der Waals surface area contributed by atoms with Gasteiger partial charge in [0.05, 0.1) is 6.61 Å². The van der Waals surface area contributed by atoms with Crippen LogP contribution in [0, 0.1) is 0 Å². The monoisotopic (exact) mass is 305 g/mol. The second-order valence-corrected chi connectivity index (χ2v) is 6.01. The highest BCUT2D eigenvalue weighted by Gasteiger charge is 2.31. The number of amides is 1. The minimum absolute atomic E-state index is 0.218. The smallest absolute Gasteiger partial charge is 0.434 e. The van der Waals surface area contributed by atoms with Gasteiger partial charge in [0.2, 0.25) is 0 Å². The van der Waals surface area contributed by atoms with Gasteiger partial charge in [-0.25, -0.2) is 9.59 Å². The molecule has 1 heterocycles. The lowest BCUT2D eigenvalue weighted by Gasteiger charge is -2.25. The summed E-state index contributed by atoms with van der Waals surface area (Å²) in [6.45, 7) is 5.47. The van der Waals surface area contributed by atoms with Crippen molar-refractivity contribution >= 4 is 17.8 Å². The zero-order chi connectivity index (χ0) is 16.3. The zero-order valence-electron chi connectivity index (χ0n) is 12.8. The van der Waals surface area contributed by atoms with Crippen molar-refractivity contribution in [3.8, 4) is 5.75 Å². The number of aliphatic imine (C=N–C) groups is 1. The molecule has 1 aromatic carbocycles. The van der Waals surface area contributed by atoms with E-state index in [-0.39, 0.29) is 5.71 Å². The second kappa shape index (κ2) is 6.17. The topological polar surface area (TPSA) is 85.2 Å². The number of fused-ring (bicyclic) bond motifs is 1. The maximum Gasteiger partial charge on any atom is 0.434 e. The van der Waals surface area contributed by atoms with Crippen molar-refractivity contribution in [3.05, 3.63) is 29.8 Å². The Kier molecular flexibility index (Phi) is 4.49. The fourth-order valence-corrected chi connectivity index (χ4v) is 2.28. The van der Waals surface area contributed by atoms with E-state index in [2.05, 4.69) is 4.99 Å². The first kappa shape index (κ1) is 16.0. The number of carbonyl (C=O) groups excluding carboxylic acids is 1. The molecule has 0 radical (unpaired) electrons. The molecule has 2 rings (SSSR count). The van der Waals surface area contributed by atoms with Crippen molar-refractivity contribution in [2.24, 2.45) is 4.99 Å². The van der Waals surface area contributed by atoms with E-state index in [1.165, 1.54) is 0 Å². The lowest BCUT2D eigenvalue weighted by atomic mass is 9.89. The van der Waals surface area contributed by atoms with Crippen molar-refractivity contribution in [1.82, 2.24) is 0 Å². The Morgan fingerprint density at radius 3 is 2.64 bits per heavy atom. The Morgan fingerprint density at radius 1 is 1.32 bits per heavy atom. The number of carbonyl (C=O) groups is 2. The summed E-state index contributed by atoms with van der Waals surface area (Å²) in [5, 5.41) is 9.42. The summed E-state index contributed by atoms with van der Waals surface area (Å²) in [7, 11) is 0. The molecule has 0 unspecified atom stereocenters. The first-order valence-electron chi connectivity index (χ1n) is 7.04. The van der Waals surface area contributed by atoms with Gasteiger partial charge in [0.25, 0.3) is 0 Å². The molecule has 0 aliphatic carbocycles. The van der Waals surface area contributed by atoms with Crippen molar-refractivity contribution in [2.75, 3.05) is 6.61 Å². The van der Waals surface area contributed by atoms with Crippen LogP contribution in [-0.2, 0) is 9.53 Å². The number of carboxylic acid groups (broad SMARTS) is 1. The molecule has 1 amide bonds. The number of hydrogen-bond acceptors (Lipinski definition) is 4. The van der Waals surface area contributed by atoms with E-state index in [1.807, 2.05) is 6.07 Å². The molecule has 0 fully saturated rings. The molecule has 0 saturated heterocycles. The molecule has 118 valence electrons. The van der Waals surface area contributed by atoms with E-state index in [0.29, 0.717) is 18.8 Å². The standard InChI is InChI=1S/C16H19NO5/c1-16(2,3)22-15(20)17-13(14(18)19)11-8-9-21-12-7-5-4-6-10(11)12/h4-7,11H,8-9H2,1-3H3,(H,18,19)/t11-/m1/s1. The Labute approximate surface area is 128 Å². The Bertz CT molecular complexity index is 615. The normalized spacial score (nSPS) is 18.1. The first-order chi connectivity index (χ1) is 10.3. The lowest BCUT2D eigenvalue weighted by molar-refractivity contribution is -0.129. The van der Waals surface area contributed by atoms with Gasteiger partial charge < -0.3 is 14.6 Å². The average molecular weight is 305 g/mol. The quantitative estimate of drug-likeness (QED) is 0.849. The summed E-state index contributed by atoms with van der Waals surface area (Å²) in [5.74, 6) is -1.10. The Morgan fingerprint density at radius 2 is 2.00 bits per heavy atom. The van der Waals surface area contributed by atoms with Crippen LogP contribution in [0.5, 0.6) is 5.75 Å². The van der Waals surface area contributed by atoms with Crippen LogP contribution in [0.3, 0.4) is 0 Å². The highest BCUT2D eigenvalue weighted by atomic mass is 16.6. The summed E-state index contributed by atoms with van der Waals surface area (Å²) in [6, 6.07) is 7.17. The molecule has 6 nitrogen and oxygen atoms in total. The van der Waals surface area contributed by atoms with Gasteiger partial charge >= 0.3 is 12.1 Å². The molecule has 0 aromatic heterocycles. The number of benzene rings is 1. The van der Waals surface area contributed by atoms with Crippen LogP contribution in [0.4, 0.5) is 4.79 Å². The second-order valence-electron chi connectivity index (χ2n) is 6.01. The Hall–Kier alpha value is -2.37. The molecule has 1 aliphatic heterocycles. The maximum atomic E-state index is 11.8. The molecule has 1 aromatic rings. The maximum absolute atomic E-state index is 11.8. The highest BCUT2D eigenvalue weighted by Crippen LogP contribution is 2.34. The number of para-hydroxylation sites is 1. The van der Waals surface area contributed by atoms with E-state index < -0.39 is 23.6 Å². The first-order valence-corrected chi connectivity index (χ1v) is 7.04. The van der Waals surface area contributed by atoms with Crippen LogP contribution in [0.25, 0.3) is 0 Å². The number of nitrogens with zero attached hydrogens (tertiary/aromatic N) is 1. The fraction of sp³-hybridized carbons (Fsp3) is 0.438. The van der Waals surface area contributed by atoms with Gasteiger partial charge in [0.15, 0.2) is 0 Å². The SMILES string of the molecule is CC(C)(C)OC(=O)N=C(C(=O)O)[C@@H]1CCOc2ccccc21. The minimum Gasteiger partial charge on any atom is -0.493 e. The van der Waals surface area contributed by atoms with Crippen LogP contribution < -0.4 is 4.74 Å². The molecule has 22 heavy (non-hydrogen) atoms. The number of hydrogen-bond donors (Lipinski definition) is 1. The van der Waals surface area contributed by atoms with Crippen LogP contribution in [0.1, 0.15) is 38.7 Å². The molecule has 0 spiro atoms. The third-order valence-electron chi connectivity index (χ3n) is 3.11. The number of carboxylic acids is 1. The van der Waals surface area contributed by atoms with Gasteiger partial charge in [-0.2, -0.15) is 4.99 Å². The molecule has 1 N–H and O–H groups in total. The van der Waals surface area contributed by atoms with E-state index in [1.54, 1.807) is 39.0 Å². The summed E-state index contributed by atoms with van der Waals surface area (Å²) >= 11 is 0. The van der Waals surface area contributed by atoms with Crippen molar-refractivity contribution < 1.29 is 24.2 Å².